The van der Waals surface area contributed by atoms with E-state index in [0.29, 0.717) is 5.82 Å². The molecule has 0 spiro atoms. The molecule has 0 saturated carbocycles. The van der Waals surface area contributed by atoms with Gasteiger partial charge in [-0.05, 0) is 18.2 Å². The number of fused-ring (bicyclic) bond motifs is 1. The second kappa shape index (κ2) is 4.54. The number of nitrogen functional groups attached to an aromatic ring is 1. The number of rotatable bonds is 3. The number of aromatic nitrogens is 4. The monoisotopic (exact) mass is 256 g/mol. The van der Waals surface area contributed by atoms with Gasteiger partial charge in [0.05, 0.1) is 18.3 Å². The zero-order chi connectivity index (χ0) is 13.2. The highest BCUT2D eigenvalue weighted by Crippen LogP contribution is 2.24. The fourth-order valence-corrected chi connectivity index (χ4v) is 1.92. The van der Waals surface area contributed by atoms with Crippen LogP contribution >= 0.6 is 0 Å². The number of anilines is 3. The molecular formula is C12H12N6O. The Hall–Kier alpha value is -2.67. The van der Waals surface area contributed by atoms with E-state index in [1.807, 2.05) is 12.1 Å². The Morgan fingerprint density at radius 3 is 3.05 bits per heavy atom. The van der Waals surface area contributed by atoms with Crippen LogP contribution in [0.25, 0.3) is 10.9 Å². The van der Waals surface area contributed by atoms with Crippen molar-refractivity contribution >= 4 is 28.4 Å². The highest BCUT2D eigenvalue weighted by Gasteiger charge is 2.06. The van der Waals surface area contributed by atoms with Gasteiger partial charge >= 0.3 is 0 Å². The van der Waals surface area contributed by atoms with Crippen LogP contribution in [0.15, 0.2) is 30.6 Å². The minimum absolute atomic E-state index is 0.0693. The van der Waals surface area contributed by atoms with E-state index >= 15 is 0 Å². The lowest BCUT2D eigenvalue weighted by Gasteiger charge is -2.08. The van der Waals surface area contributed by atoms with E-state index in [2.05, 4.69) is 25.5 Å². The number of nitrogens with one attached hydrogen (secondary N) is 2. The average Bonchev–Trinajstić information content (AvgIpc) is 2.86. The van der Waals surface area contributed by atoms with Crippen molar-refractivity contribution in [3.8, 4) is 0 Å². The summed E-state index contributed by atoms with van der Waals surface area (Å²) < 4.78 is 0. The minimum atomic E-state index is -0.0693. The molecule has 2 aromatic heterocycles. The molecule has 1 aromatic carbocycles. The number of nitrogens with zero attached hydrogens (tertiary/aromatic N) is 3. The molecule has 7 heteroatoms. The second-order valence-electron chi connectivity index (χ2n) is 4.05. The van der Waals surface area contributed by atoms with Crippen LogP contribution in [0.1, 0.15) is 5.56 Å². The van der Waals surface area contributed by atoms with Gasteiger partial charge in [0.1, 0.15) is 5.82 Å². The predicted molar refractivity (Wildman–Crippen MR) is 71.7 cm³/mol. The summed E-state index contributed by atoms with van der Waals surface area (Å²) in [6, 6.07) is 5.46. The van der Waals surface area contributed by atoms with Gasteiger partial charge in [0.25, 0.3) is 0 Å². The Morgan fingerprint density at radius 1 is 1.37 bits per heavy atom. The molecule has 96 valence electrons. The van der Waals surface area contributed by atoms with Crippen molar-refractivity contribution < 1.29 is 5.11 Å². The minimum Gasteiger partial charge on any atom is -0.392 e. The lowest BCUT2D eigenvalue weighted by atomic mass is 10.1. The summed E-state index contributed by atoms with van der Waals surface area (Å²) in [5.41, 5.74) is 7.92. The molecule has 7 nitrogen and oxygen atoms in total. The van der Waals surface area contributed by atoms with Crippen LogP contribution in [0, 0.1) is 0 Å². The van der Waals surface area contributed by atoms with Crippen molar-refractivity contribution in [2.75, 3.05) is 11.1 Å². The standard InChI is InChI=1S/C12H12N6O/c13-12-14-2-1-10(17-12)16-9-3-7-5-15-18-11(7)8(4-9)6-19/h1-5,19H,6H2,(H,15,18)(H3,13,14,16,17). The van der Waals surface area contributed by atoms with Crippen LogP contribution in [0.2, 0.25) is 0 Å². The predicted octanol–water partition coefficient (Wildman–Crippen LogP) is 1.17. The van der Waals surface area contributed by atoms with Crippen molar-refractivity contribution in [3.63, 3.8) is 0 Å². The van der Waals surface area contributed by atoms with E-state index in [4.69, 9.17) is 5.73 Å². The van der Waals surface area contributed by atoms with Crippen LogP contribution in [0.4, 0.5) is 17.5 Å². The van der Waals surface area contributed by atoms with Gasteiger partial charge in [-0.25, -0.2) is 4.98 Å². The van der Waals surface area contributed by atoms with Gasteiger partial charge in [-0.15, -0.1) is 0 Å². The van der Waals surface area contributed by atoms with E-state index in [1.165, 1.54) is 0 Å². The fraction of sp³-hybridized carbons (Fsp3) is 0.0833. The molecule has 0 aliphatic heterocycles. The van der Waals surface area contributed by atoms with E-state index < -0.39 is 0 Å². The molecule has 3 aromatic rings. The molecular weight excluding hydrogens is 244 g/mol. The first-order chi connectivity index (χ1) is 9.26. The van der Waals surface area contributed by atoms with Crippen LogP contribution < -0.4 is 11.1 Å². The topological polar surface area (TPSA) is 113 Å². The molecule has 0 atom stereocenters. The Labute approximate surface area is 108 Å². The zero-order valence-corrected chi connectivity index (χ0v) is 9.96. The van der Waals surface area contributed by atoms with Gasteiger partial charge < -0.3 is 16.2 Å². The average molecular weight is 256 g/mol. The third-order valence-electron chi connectivity index (χ3n) is 2.75. The van der Waals surface area contributed by atoms with Crippen LogP contribution in [0.3, 0.4) is 0 Å². The van der Waals surface area contributed by atoms with Gasteiger partial charge in [0.2, 0.25) is 5.95 Å². The molecule has 0 radical (unpaired) electrons. The second-order valence-corrected chi connectivity index (χ2v) is 4.05. The third kappa shape index (κ3) is 2.18. The van der Waals surface area contributed by atoms with Gasteiger partial charge in [0, 0.05) is 22.8 Å². The lowest BCUT2D eigenvalue weighted by Crippen LogP contribution is -1.99. The summed E-state index contributed by atoms with van der Waals surface area (Å²) >= 11 is 0. The Morgan fingerprint density at radius 2 is 2.26 bits per heavy atom. The van der Waals surface area contributed by atoms with Gasteiger partial charge in [-0.1, -0.05) is 0 Å². The number of aliphatic hydroxyl groups excluding tert-OH is 1. The largest absolute Gasteiger partial charge is 0.392 e. The summed E-state index contributed by atoms with van der Waals surface area (Å²) in [7, 11) is 0. The van der Waals surface area contributed by atoms with Gasteiger partial charge in [0.15, 0.2) is 0 Å². The summed E-state index contributed by atoms with van der Waals surface area (Å²) in [4.78, 5) is 7.89. The Kier molecular flexibility index (Phi) is 2.73. The van der Waals surface area contributed by atoms with Crippen LogP contribution in [-0.2, 0) is 6.61 Å². The van der Waals surface area contributed by atoms with Gasteiger partial charge in [-0.2, -0.15) is 10.1 Å². The molecule has 0 aliphatic rings. The third-order valence-corrected chi connectivity index (χ3v) is 2.75. The number of nitrogens with two attached hydrogens (primary N) is 1. The molecule has 0 saturated heterocycles. The molecule has 5 N–H and O–H groups in total. The summed E-state index contributed by atoms with van der Waals surface area (Å²) in [6.45, 7) is -0.0693. The number of H-pyrrole nitrogens is 1. The Balaban J connectivity index is 2.01. The summed E-state index contributed by atoms with van der Waals surface area (Å²) in [5, 5.41) is 20.2. The molecule has 0 aliphatic carbocycles. The molecule has 0 fully saturated rings. The molecule has 3 rings (SSSR count). The first-order valence-electron chi connectivity index (χ1n) is 5.68. The number of aromatic amines is 1. The van der Waals surface area contributed by atoms with Crippen LogP contribution in [-0.4, -0.2) is 25.3 Å². The van der Waals surface area contributed by atoms with Crippen molar-refractivity contribution in [2.24, 2.45) is 0 Å². The molecule has 2 heterocycles. The van der Waals surface area contributed by atoms with E-state index in [1.54, 1.807) is 18.5 Å². The normalized spacial score (nSPS) is 10.8. The van der Waals surface area contributed by atoms with Crippen molar-refractivity contribution in [1.29, 1.82) is 0 Å². The Bertz CT molecular complexity index is 723. The lowest BCUT2D eigenvalue weighted by molar-refractivity contribution is 0.283. The van der Waals surface area contributed by atoms with E-state index in [0.717, 1.165) is 22.2 Å². The molecule has 0 unspecified atom stereocenters. The number of benzene rings is 1. The molecule has 0 bridgehead atoms. The van der Waals surface area contributed by atoms with Crippen molar-refractivity contribution in [3.05, 3.63) is 36.2 Å². The quantitative estimate of drug-likeness (QED) is 0.559. The highest BCUT2D eigenvalue weighted by atomic mass is 16.3. The maximum Gasteiger partial charge on any atom is 0.221 e. The first kappa shape index (κ1) is 11.4. The van der Waals surface area contributed by atoms with E-state index in [9.17, 15) is 5.11 Å². The first-order valence-corrected chi connectivity index (χ1v) is 5.68. The maximum atomic E-state index is 9.37. The zero-order valence-electron chi connectivity index (χ0n) is 9.96. The van der Waals surface area contributed by atoms with Crippen LogP contribution in [0.5, 0.6) is 0 Å². The van der Waals surface area contributed by atoms with E-state index in [-0.39, 0.29) is 12.6 Å². The maximum absolute atomic E-state index is 9.37. The smallest absolute Gasteiger partial charge is 0.221 e. The number of aliphatic hydroxyl groups is 1. The highest BCUT2D eigenvalue weighted by molar-refractivity contribution is 5.85. The van der Waals surface area contributed by atoms with Gasteiger partial charge in [-0.3, -0.25) is 5.10 Å². The fourth-order valence-electron chi connectivity index (χ4n) is 1.92. The number of hydrogen-bond acceptors (Lipinski definition) is 6. The summed E-state index contributed by atoms with van der Waals surface area (Å²) in [6.07, 6.45) is 3.28. The summed E-state index contributed by atoms with van der Waals surface area (Å²) in [5.74, 6) is 0.802. The molecule has 19 heavy (non-hydrogen) atoms. The SMILES string of the molecule is Nc1nccc(Nc2cc(CO)c3[nH]ncc3c2)n1. The van der Waals surface area contributed by atoms with Crippen molar-refractivity contribution in [1.82, 2.24) is 20.2 Å². The molecule has 0 amide bonds. The number of hydrogen-bond donors (Lipinski definition) is 4. The van der Waals surface area contributed by atoms with Crippen molar-refractivity contribution in [2.45, 2.75) is 6.61 Å².